The van der Waals surface area contributed by atoms with E-state index in [1.54, 1.807) is 6.92 Å². The van der Waals surface area contributed by atoms with Crippen LogP contribution in [0.1, 0.15) is 28.3 Å². The van der Waals surface area contributed by atoms with Gasteiger partial charge in [0.2, 0.25) is 5.88 Å². The Balaban J connectivity index is 0.000000817. The molecule has 3 aromatic rings. The maximum atomic E-state index is 13.0. The first-order valence-corrected chi connectivity index (χ1v) is 7.32. The molecule has 0 unspecified atom stereocenters. The Kier molecular flexibility index (Phi) is 6.31. The summed E-state index contributed by atoms with van der Waals surface area (Å²) in [5.41, 5.74) is 0.845. The van der Waals surface area contributed by atoms with Crippen LogP contribution in [0.15, 0.2) is 34.9 Å². The monoisotopic (exact) mass is 382 g/mol. The Morgan fingerprint density at radius 3 is 2.52 bits per heavy atom. The molecule has 0 fully saturated rings. The highest BCUT2D eigenvalue weighted by atomic mass is 19.3. The Morgan fingerprint density at radius 2 is 1.96 bits per heavy atom. The molecule has 11 heteroatoms. The van der Waals surface area contributed by atoms with E-state index >= 15 is 0 Å². The van der Waals surface area contributed by atoms with Crippen molar-refractivity contribution in [2.24, 2.45) is 0 Å². The number of aryl methyl sites for hydroxylation is 1. The SMILES string of the molecule is Cc1noc(NC(=O)c2cc(C(F)F)[nH]n2)c1-c1ccc(F)cc1.O=CO. The van der Waals surface area contributed by atoms with E-state index in [4.69, 9.17) is 14.4 Å². The smallest absolute Gasteiger partial charge is 0.290 e. The van der Waals surface area contributed by atoms with E-state index in [1.165, 1.54) is 24.3 Å². The van der Waals surface area contributed by atoms with Crippen molar-refractivity contribution in [3.63, 3.8) is 0 Å². The number of rotatable bonds is 4. The van der Waals surface area contributed by atoms with Crippen molar-refractivity contribution in [2.45, 2.75) is 13.3 Å². The first-order valence-electron chi connectivity index (χ1n) is 7.32. The van der Waals surface area contributed by atoms with Gasteiger partial charge < -0.3 is 9.63 Å². The van der Waals surface area contributed by atoms with Gasteiger partial charge in [0.1, 0.15) is 11.5 Å². The molecule has 3 rings (SSSR count). The zero-order valence-corrected chi connectivity index (χ0v) is 13.7. The van der Waals surface area contributed by atoms with Gasteiger partial charge in [-0.2, -0.15) is 5.10 Å². The molecular weight excluding hydrogens is 369 g/mol. The summed E-state index contributed by atoms with van der Waals surface area (Å²) in [6.45, 7) is 1.40. The molecule has 1 amide bonds. The van der Waals surface area contributed by atoms with Crippen LogP contribution in [-0.4, -0.2) is 32.8 Å². The number of anilines is 1. The predicted octanol–water partition coefficient (Wildman–Crippen LogP) is 3.40. The molecule has 2 heterocycles. The molecule has 2 aromatic heterocycles. The second kappa shape index (κ2) is 8.65. The summed E-state index contributed by atoms with van der Waals surface area (Å²) in [7, 11) is 0. The second-order valence-electron chi connectivity index (χ2n) is 5.05. The van der Waals surface area contributed by atoms with E-state index in [0.29, 0.717) is 16.8 Å². The quantitative estimate of drug-likeness (QED) is 0.595. The molecule has 0 saturated carbocycles. The lowest BCUT2D eigenvalue weighted by atomic mass is 10.1. The third-order valence-corrected chi connectivity index (χ3v) is 3.29. The first kappa shape index (κ1) is 19.7. The number of amides is 1. The van der Waals surface area contributed by atoms with Gasteiger partial charge in [-0.1, -0.05) is 17.3 Å². The van der Waals surface area contributed by atoms with Crippen LogP contribution in [0.25, 0.3) is 11.1 Å². The van der Waals surface area contributed by atoms with Crippen LogP contribution >= 0.6 is 0 Å². The minimum atomic E-state index is -2.76. The van der Waals surface area contributed by atoms with E-state index in [0.717, 1.165) is 6.07 Å². The molecular formula is C16H13F3N4O4. The number of carbonyl (C=O) groups excluding carboxylic acids is 1. The van der Waals surface area contributed by atoms with Crippen LogP contribution in [-0.2, 0) is 4.79 Å². The van der Waals surface area contributed by atoms with Crippen LogP contribution in [0.3, 0.4) is 0 Å². The van der Waals surface area contributed by atoms with Crippen LogP contribution < -0.4 is 5.32 Å². The standard InChI is InChI=1S/C15H11F3N4O2.CH2O2/c1-7-12(8-2-4-9(16)5-3-8)15(24-22-7)19-14(23)11-6-10(13(17)18)20-21-11;2-1-3/h2-6,13H,1H3,(H,19,23)(H,20,21);1H,(H,2,3). The summed E-state index contributed by atoms with van der Waals surface area (Å²) < 4.78 is 43.2. The first-order chi connectivity index (χ1) is 12.9. The molecule has 8 nitrogen and oxygen atoms in total. The van der Waals surface area contributed by atoms with Crippen molar-refractivity contribution < 1.29 is 32.4 Å². The van der Waals surface area contributed by atoms with E-state index in [1.807, 2.05) is 0 Å². The van der Waals surface area contributed by atoms with Gasteiger partial charge in [-0.15, -0.1) is 0 Å². The summed E-state index contributed by atoms with van der Waals surface area (Å²) in [6.07, 6.45) is -2.76. The minimum absolute atomic E-state index is 0.0192. The Hall–Kier alpha value is -3.63. The highest BCUT2D eigenvalue weighted by molar-refractivity contribution is 6.04. The van der Waals surface area contributed by atoms with Crippen molar-refractivity contribution in [3.05, 3.63) is 53.2 Å². The number of aromatic nitrogens is 3. The molecule has 142 valence electrons. The molecule has 27 heavy (non-hydrogen) atoms. The Morgan fingerprint density at radius 1 is 1.33 bits per heavy atom. The normalized spacial score (nSPS) is 10.3. The van der Waals surface area contributed by atoms with Crippen LogP contribution in [0.5, 0.6) is 0 Å². The highest BCUT2D eigenvalue weighted by Crippen LogP contribution is 2.31. The number of nitrogens with zero attached hydrogens (tertiary/aromatic N) is 2. The number of halogens is 3. The van der Waals surface area contributed by atoms with Crippen LogP contribution in [0.2, 0.25) is 0 Å². The lowest BCUT2D eigenvalue weighted by molar-refractivity contribution is -0.122. The second-order valence-corrected chi connectivity index (χ2v) is 5.05. The van der Waals surface area contributed by atoms with E-state index in [9.17, 15) is 18.0 Å². The summed E-state index contributed by atoms with van der Waals surface area (Å²) in [6, 6.07) is 6.48. The van der Waals surface area contributed by atoms with Crippen molar-refractivity contribution in [1.29, 1.82) is 0 Å². The summed E-state index contributed by atoms with van der Waals surface area (Å²) in [5.74, 6) is -1.13. The topological polar surface area (TPSA) is 121 Å². The minimum Gasteiger partial charge on any atom is -0.483 e. The van der Waals surface area contributed by atoms with Gasteiger partial charge in [-0.25, -0.2) is 13.2 Å². The lowest BCUT2D eigenvalue weighted by Crippen LogP contribution is -2.12. The Bertz CT molecular complexity index is 922. The fraction of sp³-hybridized carbons (Fsp3) is 0.125. The number of carbonyl (C=O) groups is 2. The number of carboxylic acid groups (broad SMARTS) is 1. The third kappa shape index (κ3) is 4.71. The molecule has 0 radical (unpaired) electrons. The lowest BCUT2D eigenvalue weighted by Gasteiger charge is -2.03. The number of benzene rings is 1. The predicted molar refractivity (Wildman–Crippen MR) is 86.8 cm³/mol. The number of nitrogens with one attached hydrogen (secondary N) is 2. The molecule has 0 saturated heterocycles. The molecule has 0 aliphatic carbocycles. The van der Waals surface area contributed by atoms with E-state index in [-0.39, 0.29) is 18.1 Å². The number of aromatic amines is 1. The molecule has 0 aliphatic heterocycles. The van der Waals surface area contributed by atoms with Gasteiger partial charge in [0.05, 0.1) is 11.3 Å². The van der Waals surface area contributed by atoms with Crippen molar-refractivity contribution >= 4 is 18.3 Å². The Labute approximate surface area is 150 Å². The number of H-pyrrole nitrogens is 1. The van der Waals surface area contributed by atoms with Gasteiger partial charge in [-0.3, -0.25) is 20.0 Å². The maximum Gasteiger partial charge on any atom is 0.290 e. The molecule has 1 aromatic carbocycles. The average Bonchev–Trinajstić information content (AvgIpc) is 3.24. The van der Waals surface area contributed by atoms with Crippen LogP contribution in [0, 0.1) is 12.7 Å². The summed E-state index contributed by atoms with van der Waals surface area (Å²) in [5, 5.41) is 18.7. The molecule has 0 aliphatic rings. The van der Waals surface area contributed by atoms with Gasteiger partial charge in [0.15, 0.2) is 5.69 Å². The van der Waals surface area contributed by atoms with Gasteiger partial charge in [0.25, 0.3) is 18.8 Å². The van der Waals surface area contributed by atoms with Crippen molar-refractivity contribution in [2.75, 3.05) is 5.32 Å². The molecule has 3 N–H and O–H groups in total. The zero-order chi connectivity index (χ0) is 20.0. The number of hydrogen-bond donors (Lipinski definition) is 3. The van der Waals surface area contributed by atoms with Gasteiger partial charge >= 0.3 is 0 Å². The molecule has 0 bridgehead atoms. The average molecular weight is 382 g/mol. The van der Waals surface area contributed by atoms with Gasteiger partial charge in [0, 0.05) is 0 Å². The largest absolute Gasteiger partial charge is 0.483 e. The van der Waals surface area contributed by atoms with Crippen molar-refractivity contribution in [1.82, 2.24) is 15.4 Å². The summed E-state index contributed by atoms with van der Waals surface area (Å²) in [4.78, 5) is 20.5. The van der Waals surface area contributed by atoms with E-state index in [2.05, 4.69) is 20.7 Å². The number of alkyl halides is 2. The fourth-order valence-corrected chi connectivity index (χ4v) is 2.14. The summed E-state index contributed by atoms with van der Waals surface area (Å²) >= 11 is 0. The highest BCUT2D eigenvalue weighted by Gasteiger charge is 2.21. The molecule has 0 atom stereocenters. The number of hydrogen-bond acceptors (Lipinski definition) is 5. The zero-order valence-electron chi connectivity index (χ0n) is 13.7. The van der Waals surface area contributed by atoms with Crippen LogP contribution in [0.4, 0.5) is 19.1 Å². The van der Waals surface area contributed by atoms with Gasteiger partial charge in [-0.05, 0) is 30.7 Å². The fourth-order valence-electron chi connectivity index (χ4n) is 2.14. The van der Waals surface area contributed by atoms with E-state index < -0.39 is 23.8 Å². The van der Waals surface area contributed by atoms with Crippen molar-refractivity contribution in [3.8, 4) is 11.1 Å². The third-order valence-electron chi connectivity index (χ3n) is 3.29. The molecule has 0 spiro atoms. The maximum absolute atomic E-state index is 13.0.